The molecular formula is C12H15BrN2O3. The summed E-state index contributed by atoms with van der Waals surface area (Å²) in [5.41, 5.74) is -0.201. The van der Waals surface area contributed by atoms with Crippen molar-refractivity contribution in [2.45, 2.75) is 25.5 Å². The molecule has 0 radical (unpaired) electrons. The molecule has 1 aromatic rings. The van der Waals surface area contributed by atoms with Crippen LogP contribution in [0.15, 0.2) is 27.6 Å². The first kappa shape index (κ1) is 13.3. The molecule has 1 heterocycles. The number of rotatable bonds is 4. The van der Waals surface area contributed by atoms with Crippen LogP contribution in [0.25, 0.3) is 0 Å². The number of hydrogen-bond acceptors (Lipinski definition) is 3. The second-order valence-electron chi connectivity index (χ2n) is 4.61. The zero-order valence-electron chi connectivity index (χ0n) is 9.80. The second kappa shape index (κ2) is 5.67. The van der Waals surface area contributed by atoms with Crippen LogP contribution in [0.1, 0.15) is 12.8 Å². The molecule has 5 nitrogen and oxygen atoms in total. The number of aliphatic hydroxyl groups excluding tert-OH is 1. The number of carbonyl (C=O) groups is 1. The van der Waals surface area contributed by atoms with E-state index in [9.17, 15) is 9.59 Å². The number of hydrogen-bond donors (Lipinski definition) is 2. The Morgan fingerprint density at radius 2 is 2.22 bits per heavy atom. The van der Waals surface area contributed by atoms with Gasteiger partial charge in [-0.3, -0.25) is 9.59 Å². The van der Waals surface area contributed by atoms with Crippen LogP contribution >= 0.6 is 15.9 Å². The topological polar surface area (TPSA) is 71.3 Å². The van der Waals surface area contributed by atoms with Crippen molar-refractivity contribution in [3.05, 3.63) is 33.2 Å². The zero-order chi connectivity index (χ0) is 13.1. The van der Waals surface area contributed by atoms with Crippen LogP contribution < -0.4 is 10.9 Å². The van der Waals surface area contributed by atoms with E-state index in [1.54, 1.807) is 12.3 Å². The minimum atomic E-state index is -0.209. The Balaban J connectivity index is 1.83. The Morgan fingerprint density at radius 3 is 2.89 bits per heavy atom. The lowest BCUT2D eigenvalue weighted by molar-refractivity contribution is -0.122. The molecule has 0 aromatic carbocycles. The summed E-state index contributed by atoms with van der Waals surface area (Å²) in [7, 11) is 0. The van der Waals surface area contributed by atoms with Gasteiger partial charge in [0.25, 0.3) is 5.56 Å². The van der Waals surface area contributed by atoms with E-state index in [0.29, 0.717) is 12.5 Å². The van der Waals surface area contributed by atoms with Gasteiger partial charge in [-0.25, -0.2) is 0 Å². The quantitative estimate of drug-likeness (QED) is 0.850. The molecule has 0 atom stereocenters. The van der Waals surface area contributed by atoms with E-state index in [1.165, 1.54) is 10.6 Å². The predicted molar refractivity (Wildman–Crippen MR) is 70.1 cm³/mol. The fraction of sp³-hybridized carbons (Fsp3) is 0.500. The van der Waals surface area contributed by atoms with Gasteiger partial charge in [0.15, 0.2) is 0 Å². The summed E-state index contributed by atoms with van der Waals surface area (Å²) >= 11 is 3.26. The largest absolute Gasteiger partial charge is 0.393 e. The Morgan fingerprint density at radius 1 is 1.50 bits per heavy atom. The smallest absolute Gasteiger partial charge is 0.251 e. The van der Waals surface area contributed by atoms with Gasteiger partial charge in [-0.2, -0.15) is 0 Å². The van der Waals surface area contributed by atoms with Crippen LogP contribution in [0.3, 0.4) is 0 Å². The summed E-state index contributed by atoms with van der Waals surface area (Å²) in [5.74, 6) is 0.180. The Kier molecular flexibility index (Phi) is 4.19. The summed E-state index contributed by atoms with van der Waals surface area (Å²) in [6, 6.07) is 3.06. The van der Waals surface area contributed by atoms with Crippen molar-refractivity contribution in [3.8, 4) is 0 Å². The molecule has 2 rings (SSSR count). The summed E-state index contributed by atoms with van der Waals surface area (Å²) in [4.78, 5) is 23.1. The van der Waals surface area contributed by atoms with E-state index in [4.69, 9.17) is 5.11 Å². The Bertz CT molecular complexity index is 494. The normalized spacial score (nSPS) is 22.3. The molecule has 1 aliphatic rings. The number of nitrogens with zero attached hydrogens (tertiary/aromatic N) is 1. The highest BCUT2D eigenvalue weighted by atomic mass is 79.9. The highest BCUT2D eigenvalue weighted by Crippen LogP contribution is 2.25. The fourth-order valence-electron chi connectivity index (χ4n) is 1.96. The van der Waals surface area contributed by atoms with Gasteiger partial charge in [-0.15, -0.1) is 0 Å². The first-order chi connectivity index (χ1) is 8.54. The van der Waals surface area contributed by atoms with E-state index in [-0.39, 0.29) is 24.1 Å². The third kappa shape index (κ3) is 3.43. The number of aromatic nitrogens is 1. The standard InChI is InChI=1S/C12H15BrN2O3/c13-9-1-2-12(18)15(6-9)7-11(17)14-5-8-3-10(16)4-8/h1-2,6,8,10,16H,3-5,7H2,(H,14,17). The maximum absolute atomic E-state index is 11.7. The highest BCUT2D eigenvalue weighted by molar-refractivity contribution is 9.10. The monoisotopic (exact) mass is 314 g/mol. The van der Waals surface area contributed by atoms with Gasteiger partial charge in [0.2, 0.25) is 5.91 Å². The van der Waals surface area contributed by atoms with Gasteiger partial charge in [0.1, 0.15) is 6.54 Å². The van der Waals surface area contributed by atoms with Crippen LogP contribution in [-0.4, -0.2) is 28.2 Å². The van der Waals surface area contributed by atoms with Gasteiger partial charge in [-0.1, -0.05) is 0 Å². The number of pyridine rings is 1. The summed E-state index contributed by atoms with van der Waals surface area (Å²) in [6.45, 7) is 0.589. The van der Waals surface area contributed by atoms with Crippen LogP contribution in [0, 0.1) is 5.92 Å². The first-order valence-electron chi connectivity index (χ1n) is 5.85. The van der Waals surface area contributed by atoms with Gasteiger partial charge >= 0.3 is 0 Å². The minimum absolute atomic E-state index is 0.0214. The van der Waals surface area contributed by atoms with Crippen LogP contribution in [0.5, 0.6) is 0 Å². The maximum Gasteiger partial charge on any atom is 0.251 e. The second-order valence-corrected chi connectivity index (χ2v) is 5.52. The third-order valence-electron chi connectivity index (χ3n) is 3.06. The molecule has 1 aliphatic carbocycles. The van der Waals surface area contributed by atoms with E-state index in [2.05, 4.69) is 21.2 Å². The lowest BCUT2D eigenvalue weighted by Gasteiger charge is -2.31. The third-order valence-corrected chi connectivity index (χ3v) is 3.53. The molecule has 2 N–H and O–H groups in total. The molecule has 0 saturated heterocycles. The van der Waals surface area contributed by atoms with Gasteiger partial charge in [0, 0.05) is 23.3 Å². The predicted octanol–water partition coefficient (Wildman–Crippen LogP) is 0.498. The maximum atomic E-state index is 11.7. The number of aliphatic hydroxyl groups is 1. The van der Waals surface area contributed by atoms with Crippen molar-refractivity contribution in [1.29, 1.82) is 0 Å². The van der Waals surface area contributed by atoms with Crippen LogP contribution in [-0.2, 0) is 11.3 Å². The summed E-state index contributed by atoms with van der Waals surface area (Å²) < 4.78 is 2.12. The molecule has 1 amide bonds. The molecule has 1 aromatic heterocycles. The molecular weight excluding hydrogens is 300 g/mol. The molecule has 18 heavy (non-hydrogen) atoms. The SMILES string of the molecule is O=C(Cn1cc(Br)ccc1=O)NCC1CC(O)C1. The Labute approximate surface area is 113 Å². The zero-order valence-corrected chi connectivity index (χ0v) is 11.4. The van der Waals surface area contributed by atoms with E-state index in [0.717, 1.165) is 17.3 Å². The molecule has 0 unspecified atom stereocenters. The Hall–Kier alpha value is -1.14. The van der Waals surface area contributed by atoms with Crippen molar-refractivity contribution in [2.75, 3.05) is 6.54 Å². The van der Waals surface area contributed by atoms with Crippen molar-refractivity contribution in [3.63, 3.8) is 0 Å². The molecule has 1 fully saturated rings. The van der Waals surface area contributed by atoms with Crippen LogP contribution in [0.2, 0.25) is 0 Å². The number of halogens is 1. The molecule has 98 valence electrons. The van der Waals surface area contributed by atoms with Crippen molar-refractivity contribution >= 4 is 21.8 Å². The van der Waals surface area contributed by atoms with Crippen LogP contribution in [0.4, 0.5) is 0 Å². The average molecular weight is 315 g/mol. The van der Waals surface area contributed by atoms with E-state index in [1.807, 2.05) is 0 Å². The number of nitrogens with one attached hydrogen (secondary N) is 1. The van der Waals surface area contributed by atoms with Gasteiger partial charge in [0.05, 0.1) is 6.10 Å². The lowest BCUT2D eigenvalue weighted by Crippen LogP contribution is -2.40. The first-order valence-corrected chi connectivity index (χ1v) is 6.64. The molecule has 1 saturated carbocycles. The average Bonchev–Trinajstić information content (AvgIpc) is 2.28. The molecule has 0 spiro atoms. The van der Waals surface area contributed by atoms with E-state index < -0.39 is 0 Å². The highest BCUT2D eigenvalue weighted by Gasteiger charge is 2.27. The van der Waals surface area contributed by atoms with Crippen molar-refractivity contribution in [1.82, 2.24) is 9.88 Å². The van der Waals surface area contributed by atoms with Crippen molar-refractivity contribution < 1.29 is 9.90 Å². The molecule has 0 bridgehead atoms. The molecule has 6 heteroatoms. The fourth-order valence-corrected chi connectivity index (χ4v) is 2.34. The summed E-state index contributed by atoms with van der Waals surface area (Å²) in [5, 5.41) is 11.9. The summed E-state index contributed by atoms with van der Waals surface area (Å²) in [6.07, 6.45) is 2.88. The number of carbonyl (C=O) groups excluding carboxylic acids is 1. The van der Waals surface area contributed by atoms with Gasteiger partial charge in [-0.05, 0) is 40.8 Å². The number of amides is 1. The minimum Gasteiger partial charge on any atom is -0.393 e. The lowest BCUT2D eigenvalue weighted by atomic mass is 9.82. The molecule has 0 aliphatic heterocycles. The van der Waals surface area contributed by atoms with Crippen molar-refractivity contribution in [2.24, 2.45) is 5.92 Å². The van der Waals surface area contributed by atoms with Gasteiger partial charge < -0.3 is 15.0 Å². The van der Waals surface area contributed by atoms with E-state index >= 15 is 0 Å².